The number of hydrogen-bond acceptors (Lipinski definition) is 7. The lowest BCUT2D eigenvalue weighted by molar-refractivity contribution is -0.116. The number of Topliss-reactive ketones (excluding diaryl/α,β-unsaturated/α-hetero) is 1. The lowest BCUT2D eigenvalue weighted by atomic mass is 9.81. The van der Waals surface area contributed by atoms with E-state index in [-0.39, 0.29) is 34.5 Å². The summed E-state index contributed by atoms with van der Waals surface area (Å²) in [6.45, 7) is 3.80. The van der Waals surface area contributed by atoms with Gasteiger partial charge in [-0.1, -0.05) is 23.4 Å². The number of benzene rings is 1. The Morgan fingerprint density at radius 1 is 1.27 bits per heavy atom. The Labute approximate surface area is 193 Å². The molecule has 1 aromatic carbocycles. The Balaban J connectivity index is 1.73. The second kappa shape index (κ2) is 11.1. The van der Waals surface area contributed by atoms with E-state index >= 15 is 0 Å². The molecule has 0 saturated carbocycles. The number of alkyl halides is 1. The van der Waals surface area contributed by atoms with Gasteiger partial charge in [-0.15, -0.1) is 0 Å². The average molecular weight is 476 g/mol. The van der Waals surface area contributed by atoms with Crippen molar-refractivity contribution in [2.75, 3.05) is 6.61 Å². The van der Waals surface area contributed by atoms with Crippen LogP contribution in [0, 0.1) is 0 Å². The molecule has 0 saturated heterocycles. The summed E-state index contributed by atoms with van der Waals surface area (Å²) in [5.41, 5.74) is 1.49. The summed E-state index contributed by atoms with van der Waals surface area (Å²) in [4.78, 5) is 17.2. The lowest BCUT2D eigenvalue weighted by Gasteiger charge is -2.24. The molecule has 0 aliphatic heterocycles. The number of aliphatic hydroxyl groups is 1. The number of carbonyl (C=O) groups is 1. The SMILES string of the molecule is CCON=CCCC1=C(O)CC(c2cccc(OC3=CC=C(C)C(=S(=O)=O)C3F)c2)CC1=O. The molecular weight excluding hydrogens is 449 g/mol. The van der Waals surface area contributed by atoms with Crippen molar-refractivity contribution in [3.8, 4) is 5.75 Å². The summed E-state index contributed by atoms with van der Waals surface area (Å²) < 4.78 is 43.1. The standard InChI is InChI=1S/C24H26FNO6S/c1-3-31-26-11-5-8-19-20(27)13-17(14-21(19)28)16-6-4-7-18(12-16)32-22-10-9-15(2)24(23(22)25)33(29)30/h4,6-7,9-12,17,23,27H,3,5,8,13-14H2,1-2H3. The van der Waals surface area contributed by atoms with Gasteiger partial charge in [-0.3, -0.25) is 4.79 Å². The van der Waals surface area contributed by atoms with Crippen LogP contribution in [0.2, 0.25) is 0 Å². The van der Waals surface area contributed by atoms with Crippen LogP contribution in [-0.2, 0) is 19.9 Å². The summed E-state index contributed by atoms with van der Waals surface area (Å²) >= 11 is 0. The molecule has 0 radical (unpaired) electrons. The number of ketones is 1. The Bertz CT molecular complexity index is 1170. The molecule has 2 aliphatic carbocycles. The van der Waals surface area contributed by atoms with Gasteiger partial charge in [0.2, 0.25) is 10.3 Å². The Morgan fingerprint density at radius 2 is 2.06 bits per heavy atom. The van der Waals surface area contributed by atoms with Crippen LogP contribution in [0.3, 0.4) is 0 Å². The molecule has 1 N–H and O–H groups in total. The Kier molecular flexibility index (Phi) is 8.21. The maximum atomic E-state index is 14.7. The minimum atomic E-state index is -2.70. The molecule has 176 valence electrons. The molecule has 0 heterocycles. The number of hydrogen-bond donors (Lipinski definition) is 1. The summed E-state index contributed by atoms with van der Waals surface area (Å²) in [7, 11) is -2.70. The van der Waals surface area contributed by atoms with E-state index in [0.717, 1.165) is 5.56 Å². The lowest BCUT2D eigenvalue weighted by Crippen LogP contribution is -2.26. The van der Waals surface area contributed by atoms with Gasteiger partial charge in [0.15, 0.2) is 12.0 Å². The number of rotatable bonds is 8. The van der Waals surface area contributed by atoms with E-state index in [1.165, 1.54) is 19.1 Å². The minimum Gasteiger partial charge on any atom is -0.512 e. The van der Waals surface area contributed by atoms with Crippen molar-refractivity contribution in [1.29, 1.82) is 0 Å². The largest absolute Gasteiger partial charge is 0.512 e. The van der Waals surface area contributed by atoms with E-state index in [0.29, 0.717) is 42.8 Å². The minimum absolute atomic E-state index is 0.0592. The fourth-order valence-corrected chi connectivity index (χ4v) is 4.43. The van der Waals surface area contributed by atoms with Crippen molar-refractivity contribution in [1.82, 2.24) is 0 Å². The first-order valence-corrected chi connectivity index (χ1v) is 11.7. The van der Waals surface area contributed by atoms with E-state index in [2.05, 4.69) is 5.16 Å². The van der Waals surface area contributed by atoms with Crippen molar-refractivity contribution >= 4 is 27.2 Å². The number of oxime groups is 1. The number of carbonyl (C=O) groups excluding carboxylic acids is 1. The Morgan fingerprint density at radius 3 is 2.76 bits per heavy atom. The summed E-state index contributed by atoms with van der Waals surface area (Å²) in [5, 5.41) is 14.2. The molecule has 33 heavy (non-hydrogen) atoms. The molecular formula is C24H26FNO6S. The first-order chi connectivity index (χ1) is 15.8. The number of allylic oxidation sites excluding steroid dienone is 6. The Hall–Kier alpha value is -3.20. The third-order valence-corrected chi connectivity index (χ3v) is 6.36. The van der Waals surface area contributed by atoms with Gasteiger partial charge in [-0.05, 0) is 62.0 Å². The van der Waals surface area contributed by atoms with E-state index < -0.39 is 16.5 Å². The maximum Gasteiger partial charge on any atom is 0.221 e. The molecule has 1 aromatic rings. The van der Waals surface area contributed by atoms with Gasteiger partial charge in [0.25, 0.3) is 0 Å². The number of ether oxygens (including phenoxy) is 1. The molecule has 0 amide bonds. The summed E-state index contributed by atoms with van der Waals surface area (Å²) in [5.74, 6) is -0.128. The van der Waals surface area contributed by atoms with Crippen LogP contribution in [0.25, 0.3) is 0 Å². The molecule has 0 spiro atoms. The zero-order chi connectivity index (χ0) is 24.0. The van der Waals surface area contributed by atoms with Crippen molar-refractivity contribution in [3.05, 3.63) is 64.6 Å². The molecule has 9 heteroatoms. The van der Waals surface area contributed by atoms with Crippen molar-refractivity contribution in [2.24, 2.45) is 5.16 Å². The maximum absolute atomic E-state index is 14.7. The first-order valence-electron chi connectivity index (χ1n) is 10.7. The predicted octanol–water partition coefficient (Wildman–Crippen LogP) is 4.36. The van der Waals surface area contributed by atoms with Crippen LogP contribution in [0.5, 0.6) is 5.75 Å². The van der Waals surface area contributed by atoms with Crippen LogP contribution in [0.15, 0.2) is 64.2 Å². The van der Waals surface area contributed by atoms with Gasteiger partial charge in [0.05, 0.1) is 5.76 Å². The third kappa shape index (κ3) is 5.98. The van der Waals surface area contributed by atoms with Crippen LogP contribution in [0.1, 0.15) is 51.0 Å². The van der Waals surface area contributed by atoms with Crippen LogP contribution in [-0.4, -0.2) is 43.2 Å². The molecule has 0 bridgehead atoms. The summed E-state index contributed by atoms with van der Waals surface area (Å²) in [6.07, 6.45) is 3.98. The highest BCUT2D eigenvalue weighted by atomic mass is 32.2. The zero-order valence-electron chi connectivity index (χ0n) is 18.5. The average Bonchev–Trinajstić information content (AvgIpc) is 2.77. The fraction of sp³-hybridized carbons (Fsp3) is 0.375. The highest BCUT2D eigenvalue weighted by Gasteiger charge is 2.30. The van der Waals surface area contributed by atoms with E-state index in [1.54, 1.807) is 24.4 Å². The quantitative estimate of drug-likeness (QED) is 0.341. The molecule has 2 aliphatic rings. The van der Waals surface area contributed by atoms with Gasteiger partial charge in [-0.2, -0.15) is 8.42 Å². The van der Waals surface area contributed by atoms with Gasteiger partial charge in [-0.25, -0.2) is 4.39 Å². The number of nitrogens with zero attached hydrogens (tertiary/aromatic N) is 1. The van der Waals surface area contributed by atoms with Gasteiger partial charge in [0.1, 0.15) is 23.0 Å². The van der Waals surface area contributed by atoms with E-state index in [9.17, 15) is 22.7 Å². The molecule has 0 fully saturated rings. The molecule has 3 rings (SSSR count). The smallest absolute Gasteiger partial charge is 0.221 e. The third-order valence-electron chi connectivity index (χ3n) is 5.47. The van der Waals surface area contributed by atoms with Crippen LogP contribution >= 0.6 is 0 Å². The van der Waals surface area contributed by atoms with Crippen LogP contribution in [0.4, 0.5) is 4.39 Å². The topological polar surface area (TPSA) is 102 Å². The zero-order valence-corrected chi connectivity index (χ0v) is 19.3. The van der Waals surface area contributed by atoms with Gasteiger partial charge >= 0.3 is 0 Å². The van der Waals surface area contributed by atoms with Gasteiger partial charge in [0, 0.05) is 24.6 Å². The second-order valence-electron chi connectivity index (χ2n) is 7.75. The fourth-order valence-electron chi connectivity index (χ4n) is 3.82. The van der Waals surface area contributed by atoms with E-state index in [1.807, 2.05) is 13.0 Å². The molecule has 2 unspecified atom stereocenters. The van der Waals surface area contributed by atoms with Crippen molar-refractivity contribution in [2.45, 2.75) is 51.6 Å². The number of halogens is 1. The highest BCUT2D eigenvalue weighted by Crippen LogP contribution is 2.36. The van der Waals surface area contributed by atoms with Gasteiger partial charge < -0.3 is 14.7 Å². The molecule has 2 atom stereocenters. The molecule has 7 nitrogen and oxygen atoms in total. The number of aliphatic hydroxyl groups excluding tert-OH is 1. The van der Waals surface area contributed by atoms with Crippen molar-refractivity contribution in [3.63, 3.8) is 0 Å². The summed E-state index contributed by atoms with van der Waals surface area (Å²) in [6, 6.07) is 6.83. The van der Waals surface area contributed by atoms with E-state index in [4.69, 9.17) is 9.57 Å². The predicted molar refractivity (Wildman–Crippen MR) is 124 cm³/mol. The van der Waals surface area contributed by atoms with Crippen LogP contribution < -0.4 is 4.74 Å². The first kappa shape index (κ1) is 24.4. The molecule has 0 aromatic heterocycles. The normalized spacial score (nSPS) is 21.2. The second-order valence-corrected chi connectivity index (χ2v) is 8.66. The van der Waals surface area contributed by atoms with Crippen molar-refractivity contribution < 1.29 is 32.3 Å². The monoisotopic (exact) mass is 475 g/mol. The highest BCUT2D eigenvalue weighted by molar-refractivity contribution is 7.73.